The van der Waals surface area contributed by atoms with Crippen molar-refractivity contribution in [3.05, 3.63) is 12.2 Å². The summed E-state index contributed by atoms with van der Waals surface area (Å²) >= 11 is 0. The average molecular weight is 253 g/mol. The van der Waals surface area contributed by atoms with Gasteiger partial charge in [0, 0.05) is 19.7 Å². The molecular weight excluding hydrogens is 234 g/mol. The van der Waals surface area contributed by atoms with Crippen molar-refractivity contribution in [1.29, 1.82) is 0 Å². The highest BCUT2D eigenvalue weighted by atomic mass is 16.5. The first-order valence-corrected chi connectivity index (χ1v) is 6.46. The minimum Gasteiger partial charge on any atom is -0.393 e. The molecule has 0 unspecified atom stereocenters. The normalized spacial score (nSPS) is 36.8. The molecule has 3 rings (SSSR count). The number of likely N-dealkylation sites (tertiary alicyclic amines) is 1. The SMILES string of the molecule is CO[C@]12CC[C@H](O)C[C@H]1N(Cc1ncon1)CC2. The molecule has 0 amide bonds. The molecule has 1 aromatic rings. The van der Waals surface area contributed by atoms with Gasteiger partial charge in [-0.15, -0.1) is 0 Å². The fraction of sp³-hybridized carbons (Fsp3) is 0.833. The lowest BCUT2D eigenvalue weighted by atomic mass is 9.79. The smallest absolute Gasteiger partial charge is 0.213 e. The largest absolute Gasteiger partial charge is 0.393 e. The Hall–Kier alpha value is -0.980. The minimum atomic E-state index is -0.218. The fourth-order valence-corrected chi connectivity index (χ4v) is 3.40. The van der Waals surface area contributed by atoms with Crippen molar-refractivity contribution in [2.24, 2.45) is 0 Å². The topological polar surface area (TPSA) is 71.6 Å². The summed E-state index contributed by atoms with van der Waals surface area (Å²) in [5, 5.41) is 13.7. The summed E-state index contributed by atoms with van der Waals surface area (Å²) in [6.07, 6.45) is 4.68. The summed E-state index contributed by atoms with van der Waals surface area (Å²) in [4.78, 5) is 6.36. The summed E-state index contributed by atoms with van der Waals surface area (Å²) in [6, 6.07) is 0.254. The molecule has 2 fully saturated rings. The number of aliphatic hydroxyl groups excluding tert-OH is 1. The number of hydrogen-bond donors (Lipinski definition) is 1. The van der Waals surface area contributed by atoms with Crippen LogP contribution in [-0.2, 0) is 11.3 Å². The number of fused-ring (bicyclic) bond motifs is 1. The average Bonchev–Trinajstić information content (AvgIpc) is 3.00. The number of rotatable bonds is 3. The van der Waals surface area contributed by atoms with Crippen molar-refractivity contribution in [2.75, 3.05) is 13.7 Å². The van der Waals surface area contributed by atoms with E-state index in [1.807, 2.05) is 0 Å². The third kappa shape index (κ3) is 1.94. The lowest BCUT2D eigenvalue weighted by molar-refractivity contribution is -0.0882. The van der Waals surface area contributed by atoms with Gasteiger partial charge < -0.3 is 14.4 Å². The number of hydrogen-bond acceptors (Lipinski definition) is 6. The molecule has 6 heteroatoms. The molecule has 0 bridgehead atoms. The van der Waals surface area contributed by atoms with E-state index in [1.54, 1.807) is 7.11 Å². The van der Waals surface area contributed by atoms with E-state index in [1.165, 1.54) is 6.39 Å². The molecule has 1 aliphatic heterocycles. The molecule has 0 radical (unpaired) electrons. The van der Waals surface area contributed by atoms with Gasteiger partial charge in [-0.3, -0.25) is 4.90 Å². The van der Waals surface area contributed by atoms with Gasteiger partial charge in [0.15, 0.2) is 5.82 Å². The predicted molar refractivity (Wildman–Crippen MR) is 62.7 cm³/mol. The molecule has 3 atom stereocenters. The molecule has 2 heterocycles. The van der Waals surface area contributed by atoms with Crippen LogP contribution in [0.3, 0.4) is 0 Å². The Morgan fingerprint density at radius 1 is 1.61 bits per heavy atom. The molecule has 2 aliphatic rings. The van der Waals surface area contributed by atoms with Gasteiger partial charge in [-0.25, -0.2) is 0 Å². The Bertz CT molecular complexity index is 397. The first kappa shape index (κ1) is 12.1. The van der Waals surface area contributed by atoms with Crippen molar-refractivity contribution in [3.63, 3.8) is 0 Å². The Morgan fingerprint density at radius 2 is 2.50 bits per heavy atom. The highest BCUT2D eigenvalue weighted by molar-refractivity contribution is 5.05. The van der Waals surface area contributed by atoms with Crippen LogP contribution in [0.4, 0.5) is 0 Å². The van der Waals surface area contributed by atoms with Crippen LogP contribution in [0.15, 0.2) is 10.9 Å². The van der Waals surface area contributed by atoms with Crippen molar-refractivity contribution in [1.82, 2.24) is 15.0 Å². The third-order valence-electron chi connectivity index (χ3n) is 4.42. The molecule has 1 N–H and O–H groups in total. The Morgan fingerprint density at radius 3 is 3.22 bits per heavy atom. The molecule has 18 heavy (non-hydrogen) atoms. The van der Waals surface area contributed by atoms with E-state index >= 15 is 0 Å². The van der Waals surface area contributed by atoms with Crippen LogP contribution >= 0.6 is 0 Å². The molecule has 1 saturated carbocycles. The maximum absolute atomic E-state index is 9.88. The summed E-state index contributed by atoms with van der Waals surface area (Å²) in [6.45, 7) is 1.62. The predicted octanol–water partition coefficient (Wildman–Crippen LogP) is 0.574. The Balaban J connectivity index is 1.76. The molecular formula is C12H19N3O3. The molecule has 1 saturated heterocycles. The van der Waals surface area contributed by atoms with E-state index in [-0.39, 0.29) is 17.7 Å². The second-order valence-electron chi connectivity index (χ2n) is 5.28. The zero-order valence-electron chi connectivity index (χ0n) is 10.6. The van der Waals surface area contributed by atoms with Gasteiger partial charge in [0.25, 0.3) is 0 Å². The molecule has 0 aromatic carbocycles. The van der Waals surface area contributed by atoms with E-state index in [2.05, 4.69) is 15.0 Å². The van der Waals surface area contributed by atoms with Crippen molar-refractivity contribution in [3.8, 4) is 0 Å². The standard InChI is InChI=1S/C12H19N3O3/c1-17-12-3-2-9(16)6-10(12)15(5-4-12)7-11-13-8-18-14-11/h8-10,16H,2-7H2,1H3/t9-,10+,12-/m0/s1. The van der Waals surface area contributed by atoms with Crippen LogP contribution in [0.2, 0.25) is 0 Å². The lowest BCUT2D eigenvalue weighted by Crippen LogP contribution is -2.51. The van der Waals surface area contributed by atoms with Crippen molar-refractivity contribution in [2.45, 2.75) is 50.0 Å². The van der Waals surface area contributed by atoms with Crippen LogP contribution in [0.5, 0.6) is 0 Å². The monoisotopic (exact) mass is 253 g/mol. The van der Waals surface area contributed by atoms with Crippen LogP contribution in [0.1, 0.15) is 31.5 Å². The number of nitrogens with zero attached hydrogens (tertiary/aromatic N) is 3. The first-order valence-electron chi connectivity index (χ1n) is 6.46. The van der Waals surface area contributed by atoms with Gasteiger partial charge in [0.05, 0.1) is 18.2 Å². The maximum atomic E-state index is 9.88. The van der Waals surface area contributed by atoms with E-state index in [0.717, 1.165) is 32.2 Å². The van der Waals surface area contributed by atoms with Gasteiger partial charge in [-0.1, -0.05) is 5.16 Å². The van der Waals surface area contributed by atoms with Gasteiger partial charge in [0.2, 0.25) is 6.39 Å². The number of methoxy groups -OCH3 is 1. The van der Waals surface area contributed by atoms with Gasteiger partial charge >= 0.3 is 0 Å². The molecule has 1 aliphatic carbocycles. The first-order chi connectivity index (χ1) is 8.73. The summed E-state index contributed by atoms with van der Waals surface area (Å²) in [7, 11) is 1.78. The zero-order valence-corrected chi connectivity index (χ0v) is 10.6. The van der Waals surface area contributed by atoms with E-state index < -0.39 is 0 Å². The maximum Gasteiger partial charge on any atom is 0.213 e. The Labute approximate surface area is 106 Å². The fourth-order valence-electron chi connectivity index (χ4n) is 3.40. The van der Waals surface area contributed by atoms with Gasteiger partial charge in [-0.05, 0) is 25.7 Å². The second-order valence-corrected chi connectivity index (χ2v) is 5.28. The van der Waals surface area contributed by atoms with Gasteiger partial charge in [0.1, 0.15) is 0 Å². The highest BCUT2D eigenvalue weighted by Gasteiger charge is 2.50. The zero-order chi connectivity index (χ0) is 12.6. The van der Waals surface area contributed by atoms with Crippen LogP contribution < -0.4 is 0 Å². The Kier molecular flexibility index (Phi) is 3.09. The minimum absolute atomic E-state index is 0.0943. The van der Waals surface area contributed by atoms with E-state index in [9.17, 15) is 5.11 Å². The summed E-state index contributed by atoms with van der Waals surface area (Å²) < 4.78 is 10.5. The molecule has 6 nitrogen and oxygen atoms in total. The molecule has 0 spiro atoms. The molecule has 100 valence electrons. The van der Waals surface area contributed by atoms with Gasteiger partial charge in [-0.2, -0.15) is 4.98 Å². The number of aliphatic hydroxyl groups is 1. The summed E-state index contributed by atoms with van der Waals surface area (Å²) in [5.41, 5.74) is -0.0943. The van der Waals surface area contributed by atoms with E-state index in [4.69, 9.17) is 9.26 Å². The van der Waals surface area contributed by atoms with Crippen molar-refractivity contribution < 1.29 is 14.4 Å². The van der Waals surface area contributed by atoms with Crippen molar-refractivity contribution >= 4 is 0 Å². The summed E-state index contributed by atoms with van der Waals surface area (Å²) in [5.74, 6) is 0.696. The number of ether oxygens (including phenoxy) is 1. The third-order valence-corrected chi connectivity index (χ3v) is 4.42. The van der Waals surface area contributed by atoms with Crippen LogP contribution in [-0.4, -0.2) is 51.5 Å². The highest BCUT2D eigenvalue weighted by Crippen LogP contribution is 2.42. The number of aromatic nitrogens is 2. The lowest BCUT2D eigenvalue weighted by Gasteiger charge is -2.42. The van der Waals surface area contributed by atoms with Crippen LogP contribution in [0, 0.1) is 0 Å². The quantitative estimate of drug-likeness (QED) is 0.849. The van der Waals surface area contributed by atoms with E-state index in [0.29, 0.717) is 12.4 Å². The van der Waals surface area contributed by atoms with Crippen LogP contribution in [0.25, 0.3) is 0 Å². The second kappa shape index (κ2) is 4.60. The molecule has 1 aromatic heterocycles.